The van der Waals surface area contributed by atoms with Gasteiger partial charge in [-0.25, -0.2) is 0 Å². The molecule has 0 spiro atoms. The SMILES string of the molecule is CCC(=O)Oc1cccc(C2CC2)c1COc1ccc(CC)cc1C. The minimum Gasteiger partial charge on any atom is -0.488 e. The summed E-state index contributed by atoms with van der Waals surface area (Å²) in [7, 11) is 0. The molecule has 1 saturated carbocycles. The molecule has 2 aromatic rings. The van der Waals surface area contributed by atoms with Gasteiger partial charge in [0.15, 0.2) is 0 Å². The molecule has 0 N–H and O–H groups in total. The highest BCUT2D eigenvalue weighted by Crippen LogP contribution is 2.44. The predicted octanol–water partition coefficient (Wildman–Crippen LogP) is 5.33. The average Bonchev–Trinajstić information content (AvgIpc) is 3.46. The van der Waals surface area contributed by atoms with E-state index in [2.05, 4.69) is 32.0 Å². The number of aryl methyl sites for hydroxylation is 2. The van der Waals surface area contributed by atoms with E-state index in [1.807, 2.05) is 25.1 Å². The number of carbonyl (C=O) groups excluding carboxylic acids is 1. The van der Waals surface area contributed by atoms with Gasteiger partial charge in [-0.3, -0.25) is 4.79 Å². The van der Waals surface area contributed by atoms with E-state index in [0.717, 1.165) is 23.3 Å². The highest BCUT2D eigenvalue weighted by atomic mass is 16.5. The van der Waals surface area contributed by atoms with Crippen LogP contribution >= 0.6 is 0 Å². The van der Waals surface area contributed by atoms with Gasteiger partial charge in [-0.05, 0) is 60.9 Å². The number of rotatable bonds is 7. The van der Waals surface area contributed by atoms with Crippen LogP contribution in [0.25, 0.3) is 0 Å². The van der Waals surface area contributed by atoms with Gasteiger partial charge < -0.3 is 9.47 Å². The second-order valence-electron chi connectivity index (χ2n) is 6.67. The maximum Gasteiger partial charge on any atom is 0.310 e. The summed E-state index contributed by atoms with van der Waals surface area (Å²) in [5.41, 5.74) is 4.70. The first-order valence-corrected chi connectivity index (χ1v) is 9.17. The Bertz CT molecular complexity index is 760. The molecule has 1 aliphatic rings. The number of carbonyl (C=O) groups is 1. The zero-order valence-electron chi connectivity index (χ0n) is 15.3. The predicted molar refractivity (Wildman–Crippen MR) is 99.2 cm³/mol. The summed E-state index contributed by atoms with van der Waals surface area (Å²) in [6.07, 6.45) is 3.78. The lowest BCUT2D eigenvalue weighted by Gasteiger charge is -2.16. The smallest absolute Gasteiger partial charge is 0.310 e. The summed E-state index contributed by atoms with van der Waals surface area (Å²) in [4.78, 5) is 11.8. The molecule has 0 unspecified atom stereocenters. The molecule has 0 saturated heterocycles. The van der Waals surface area contributed by atoms with E-state index in [1.165, 1.54) is 24.0 Å². The first kappa shape index (κ1) is 17.5. The van der Waals surface area contributed by atoms with Crippen LogP contribution in [-0.4, -0.2) is 5.97 Å². The topological polar surface area (TPSA) is 35.5 Å². The van der Waals surface area contributed by atoms with Crippen molar-refractivity contribution >= 4 is 5.97 Å². The molecular weight excluding hydrogens is 312 g/mol. The fourth-order valence-electron chi connectivity index (χ4n) is 3.05. The van der Waals surface area contributed by atoms with Gasteiger partial charge in [0.05, 0.1) is 0 Å². The van der Waals surface area contributed by atoms with Gasteiger partial charge in [0.2, 0.25) is 0 Å². The molecule has 0 aromatic heterocycles. The van der Waals surface area contributed by atoms with E-state index in [9.17, 15) is 4.79 Å². The number of ether oxygens (including phenoxy) is 2. The van der Waals surface area contributed by atoms with Crippen molar-refractivity contribution in [2.24, 2.45) is 0 Å². The van der Waals surface area contributed by atoms with E-state index in [0.29, 0.717) is 24.7 Å². The molecule has 3 rings (SSSR count). The maximum atomic E-state index is 11.8. The Morgan fingerprint density at radius 3 is 2.56 bits per heavy atom. The first-order valence-electron chi connectivity index (χ1n) is 9.17. The lowest BCUT2D eigenvalue weighted by atomic mass is 10.0. The van der Waals surface area contributed by atoms with Crippen molar-refractivity contribution in [3.8, 4) is 11.5 Å². The van der Waals surface area contributed by atoms with Crippen LogP contribution < -0.4 is 9.47 Å². The van der Waals surface area contributed by atoms with Crippen LogP contribution in [0.4, 0.5) is 0 Å². The Kier molecular flexibility index (Phi) is 5.42. The van der Waals surface area contributed by atoms with Crippen molar-refractivity contribution in [2.75, 3.05) is 0 Å². The summed E-state index contributed by atoms with van der Waals surface area (Å²) in [5, 5.41) is 0. The summed E-state index contributed by atoms with van der Waals surface area (Å²) in [5.74, 6) is 1.88. The molecule has 3 nitrogen and oxygen atoms in total. The van der Waals surface area contributed by atoms with Gasteiger partial charge in [0.25, 0.3) is 0 Å². The van der Waals surface area contributed by atoms with Gasteiger partial charge in [0.1, 0.15) is 18.1 Å². The van der Waals surface area contributed by atoms with Gasteiger partial charge in [-0.15, -0.1) is 0 Å². The first-order chi connectivity index (χ1) is 12.1. The van der Waals surface area contributed by atoms with Crippen LogP contribution in [0.15, 0.2) is 36.4 Å². The molecule has 3 heteroatoms. The molecule has 1 fully saturated rings. The van der Waals surface area contributed by atoms with Gasteiger partial charge >= 0.3 is 5.97 Å². The second kappa shape index (κ2) is 7.73. The van der Waals surface area contributed by atoms with Crippen LogP contribution in [0.3, 0.4) is 0 Å². The third-order valence-electron chi connectivity index (χ3n) is 4.72. The van der Waals surface area contributed by atoms with Crippen molar-refractivity contribution in [3.05, 3.63) is 58.7 Å². The maximum absolute atomic E-state index is 11.8. The molecule has 0 radical (unpaired) electrons. The molecule has 0 atom stereocenters. The molecule has 0 aliphatic heterocycles. The lowest BCUT2D eigenvalue weighted by molar-refractivity contribution is -0.134. The molecule has 0 amide bonds. The highest BCUT2D eigenvalue weighted by molar-refractivity contribution is 5.72. The fraction of sp³-hybridized carbons (Fsp3) is 0.409. The van der Waals surface area contributed by atoms with Crippen LogP contribution in [0.2, 0.25) is 0 Å². The molecule has 1 aliphatic carbocycles. The average molecular weight is 338 g/mol. The third kappa shape index (κ3) is 4.22. The number of esters is 1. The minimum atomic E-state index is -0.210. The normalized spacial score (nSPS) is 13.6. The lowest BCUT2D eigenvalue weighted by Crippen LogP contribution is -2.10. The monoisotopic (exact) mass is 338 g/mol. The Morgan fingerprint density at radius 2 is 1.92 bits per heavy atom. The van der Waals surface area contributed by atoms with Gasteiger partial charge in [0, 0.05) is 12.0 Å². The van der Waals surface area contributed by atoms with Crippen molar-refractivity contribution in [3.63, 3.8) is 0 Å². The summed E-state index contributed by atoms with van der Waals surface area (Å²) in [6.45, 7) is 6.45. The zero-order chi connectivity index (χ0) is 17.8. The van der Waals surface area contributed by atoms with E-state index < -0.39 is 0 Å². The van der Waals surface area contributed by atoms with Crippen molar-refractivity contribution in [1.82, 2.24) is 0 Å². The molecular formula is C22H26O3. The largest absolute Gasteiger partial charge is 0.488 e. The molecule has 25 heavy (non-hydrogen) atoms. The van der Waals surface area contributed by atoms with Crippen molar-refractivity contribution < 1.29 is 14.3 Å². The second-order valence-corrected chi connectivity index (χ2v) is 6.67. The Hall–Kier alpha value is -2.29. The fourth-order valence-corrected chi connectivity index (χ4v) is 3.05. The van der Waals surface area contributed by atoms with Crippen LogP contribution in [-0.2, 0) is 17.8 Å². The third-order valence-corrected chi connectivity index (χ3v) is 4.72. The van der Waals surface area contributed by atoms with Crippen molar-refractivity contribution in [2.45, 2.75) is 59.0 Å². The standard InChI is InChI=1S/C22H26O3/c1-4-16-9-12-20(15(3)13-16)24-14-19-18(17-10-11-17)7-6-8-21(19)25-22(23)5-2/h6-9,12-13,17H,4-5,10-11,14H2,1-3H3. The van der Waals surface area contributed by atoms with Crippen LogP contribution in [0.1, 0.15) is 61.3 Å². The molecule has 2 aromatic carbocycles. The van der Waals surface area contributed by atoms with Gasteiger partial charge in [-0.2, -0.15) is 0 Å². The van der Waals surface area contributed by atoms with Crippen LogP contribution in [0, 0.1) is 6.92 Å². The summed E-state index contributed by atoms with van der Waals surface area (Å²) in [6, 6.07) is 12.3. The Balaban J connectivity index is 1.84. The zero-order valence-corrected chi connectivity index (χ0v) is 15.3. The number of benzene rings is 2. The van der Waals surface area contributed by atoms with E-state index in [4.69, 9.17) is 9.47 Å². The molecule has 0 bridgehead atoms. The van der Waals surface area contributed by atoms with Crippen LogP contribution in [0.5, 0.6) is 11.5 Å². The number of hydrogen-bond acceptors (Lipinski definition) is 3. The number of hydrogen-bond donors (Lipinski definition) is 0. The van der Waals surface area contributed by atoms with E-state index in [1.54, 1.807) is 0 Å². The summed E-state index contributed by atoms with van der Waals surface area (Å²) >= 11 is 0. The van der Waals surface area contributed by atoms with E-state index in [-0.39, 0.29) is 5.97 Å². The van der Waals surface area contributed by atoms with E-state index >= 15 is 0 Å². The Morgan fingerprint density at radius 1 is 1.12 bits per heavy atom. The van der Waals surface area contributed by atoms with Crippen molar-refractivity contribution in [1.29, 1.82) is 0 Å². The van der Waals surface area contributed by atoms with Gasteiger partial charge in [-0.1, -0.05) is 38.1 Å². The Labute approximate surface area is 150 Å². The molecule has 0 heterocycles. The summed E-state index contributed by atoms with van der Waals surface area (Å²) < 4.78 is 11.7. The molecule has 132 valence electrons. The quantitative estimate of drug-likeness (QED) is 0.506. The highest BCUT2D eigenvalue weighted by Gasteiger charge is 2.28. The minimum absolute atomic E-state index is 0.210.